The standard InChI is InChI=1S/C28H27N7O2/c1-32(2)21-10-13-34(14-11-21)27-26-30-12-15-35(26)25(24(31-27)19-6-4-18(17-29)5-7-19)20-8-9-22-23(16-20)37-28(36)33(22)3/h4-9,12,15-16,21H,10-11,13-14H2,1-3H3. The normalized spacial score (nSPS) is 14.6. The summed E-state index contributed by atoms with van der Waals surface area (Å²) < 4.78 is 9.05. The Morgan fingerprint density at radius 3 is 2.51 bits per heavy atom. The molecule has 37 heavy (non-hydrogen) atoms. The molecule has 9 nitrogen and oxygen atoms in total. The van der Waals surface area contributed by atoms with E-state index in [0.717, 1.165) is 65.4 Å². The van der Waals surface area contributed by atoms with Crippen LogP contribution in [0.25, 0.3) is 39.3 Å². The van der Waals surface area contributed by atoms with E-state index in [1.807, 2.05) is 36.5 Å². The zero-order chi connectivity index (χ0) is 25.7. The Hall–Kier alpha value is -4.42. The Morgan fingerprint density at radius 2 is 1.81 bits per heavy atom. The first-order valence-corrected chi connectivity index (χ1v) is 12.3. The SMILES string of the molecule is CN(C)C1CCN(c2nc(-c3ccc(C#N)cc3)c(-c3ccc4c(c3)oc(=O)n4C)n3ccnc23)CC1. The van der Waals surface area contributed by atoms with Crippen LogP contribution >= 0.6 is 0 Å². The van der Waals surface area contributed by atoms with Crippen molar-refractivity contribution in [2.24, 2.45) is 7.05 Å². The molecular weight excluding hydrogens is 466 g/mol. The molecule has 0 spiro atoms. The molecule has 0 bridgehead atoms. The van der Waals surface area contributed by atoms with Crippen LogP contribution in [-0.2, 0) is 7.05 Å². The molecule has 186 valence electrons. The van der Waals surface area contributed by atoms with E-state index in [0.29, 0.717) is 17.2 Å². The topological polar surface area (TPSA) is 95.6 Å². The maximum absolute atomic E-state index is 12.1. The Balaban J connectivity index is 1.56. The fraction of sp³-hybridized carbons (Fsp3) is 0.286. The molecule has 1 fully saturated rings. The number of oxazole rings is 1. The molecule has 0 aliphatic carbocycles. The average Bonchev–Trinajstić information content (AvgIpc) is 3.52. The molecule has 0 saturated carbocycles. The van der Waals surface area contributed by atoms with Gasteiger partial charge in [0.2, 0.25) is 0 Å². The van der Waals surface area contributed by atoms with Crippen LogP contribution in [0.3, 0.4) is 0 Å². The van der Waals surface area contributed by atoms with Gasteiger partial charge in [0.05, 0.1) is 28.5 Å². The van der Waals surface area contributed by atoms with Crippen molar-refractivity contribution < 1.29 is 4.42 Å². The van der Waals surface area contributed by atoms with Gasteiger partial charge in [-0.3, -0.25) is 8.97 Å². The van der Waals surface area contributed by atoms with E-state index in [1.54, 1.807) is 25.4 Å². The average molecular weight is 494 g/mol. The molecule has 5 aromatic rings. The molecule has 9 heteroatoms. The highest BCUT2D eigenvalue weighted by atomic mass is 16.4. The lowest BCUT2D eigenvalue weighted by molar-refractivity contribution is 0.249. The quantitative estimate of drug-likeness (QED) is 0.375. The summed E-state index contributed by atoms with van der Waals surface area (Å²) in [4.78, 5) is 26.7. The van der Waals surface area contributed by atoms with E-state index >= 15 is 0 Å². The summed E-state index contributed by atoms with van der Waals surface area (Å²) in [5.74, 6) is 0.444. The van der Waals surface area contributed by atoms with E-state index in [1.165, 1.54) is 4.57 Å². The van der Waals surface area contributed by atoms with Crippen molar-refractivity contribution in [2.45, 2.75) is 18.9 Å². The van der Waals surface area contributed by atoms with Gasteiger partial charge in [0.15, 0.2) is 17.0 Å². The number of hydrogen-bond acceptors (Lipinski definition) is 7. The van der Waals surface area contributed by atoms with E-state index in [9.17, 15) is 10.1 Å². The van der Waals surface area contributed by atoms with Crippen LogP contribution in [0.1, 0.15) is 18.4 Å². The number of nitriles is 1. The second-order valence-electron chi connectivity index (χ2n) is 9.73. The third kappa shape index (κ3) is 3.86. The van der Waals surface area contributed by atoms with Crippen LogP contribution in [0, 0.1) is 11.3 Å². The summed E-state index contributed by atoms with van der Waals surface area (Å²) in [6, 6.07) is 16.0. The zero-order valence-electron chi connectivity index (χ0n) is 21.0. The molecule has 0 unspecified atom stereocenters. The number of benzene rings is 2. The number of anilines is 1. The molecule has 6 rings (SSSR count). The lowest BCUT2D eigenvalue weighted by Gasteiger charge is -2.36. The van der Waals surface area contributed by atoms with Gasteiger partial charge in [-0.05, 0) is 51.2 Å². The molecule has 0 N–H and O–H groups in total. The van der Waals surface area contributed by atoms with E-state index < -0.39 is 5.76 Å². The number of hydrogen-bond donors (Lipinski definition) is 0. The van der Waals surface area contributed by atoms with Gasteiger partial charge >= 0.3 is 5.76 Å². The molecule has 0 amide bonds. The molecule has 3 aromatic heterocycles. The largest absolute Gasteiger partial charge is 0.419 e. The molecule has 1 aliphatic rings. The second-order valence-corrected chi connectivity index (χ2v) is 9.73. The molecule has 0 atom stereocenters. The molecule has 1 aliphatic heterocycles. The number of piperidine rings is 1. The fourth-order valence-corrected chi connectivity index (χ4v) is 5.24. The van der Waals surface area contributed by atoms with Crippen LogP contribution in [0.2, 0.25) is 0 Å². The Kier molecular flexibility index (Phi) is 5.54. The number of imidazole rings is 1. The molecular formula is C28H27N7O2. The fourth-order valence-electron chi connectivity index (χ4n) is 5.24. The minimum Gasteiger partial charge on any atom is -0.408 e. The summed E-state index contributed by atoms with van der Waals surface area (Å²) in [6.07, 6.45) is 5.85. The van der Waals surface area contributed by atoms with Gasteiger partial charge in [-0.25, -0.2) is 14.8 Å². The van der Waals surface area contributed by atoms with Crippen LogP contribution < -0.4 is 10.7 Å². The predicted molar refractivity (Wildman–Crippen MR) is 143 cm³/mol. The van der Waals surface area contributed by atoms with Crippen molar-refractivity contribution in [3.63, 3.8) is 0 Å². The van der Waals surface area contributed by atoms with Gasteiger partial charge in [0, 0.05) is 49.7 Å². The first-order chi connectivity index (χ1) is 17.9. The zero-order valence-corrected chi connectivity index (χ0v) is 21.0. The number of nitrogens with zero attached hydrogens (tertiary/aromatic N) is 7. The lowest BCUT2D eigenvalue weighted by Crippen LogP contribution is -2.42. The van der Waals surface area contributed by atoms with Crippen molar-refractivity contribution in [1.82, 2.24) is 23.8 Å². The Bertz CT molecular complexity index is 1710. The van der Waals surface area contributed by atoms with Crippen LogP contribution in [0.5, 0.6) is 0 Å². The highest BCUT2D eigenvalue weighted by Gasteiger charge is 2.26. The first kappa shape index (κ1) is 23.0. The lowest BCUT2D eigenvalue weighted by atomic mass is 10.0. The number of aryl methyl sites for hydroxylation is 1. The smallest absolute Gasteiger partial charge is 0.408 e. The van der Waals surface area contributed by atoms with Gasteiger partial charge in [-0.15, -0.1) is 0 Å². The van der Waals surface area contributed by atoms with Crippen molar-refractivity contribution in [1.29, 1.82) is 5.26 Å². The molecule has 0 radical (unpaired) electrons. The summed E-state index contributed by atoms with van der Waals surface area (Å²) >= 11 is 0. The Labute approximate surface area is 213 Å². The van der Waals surface area contributed by atoms with Crippen molar-refractivity contribution >= 4 is 22.6 Å². The van der Waals surface area contributed by atoms with Gasteiger partial charge in [-0.1, -0.05) is 18.2 Å². The summed E-state index contributed by atoms with van der Waals surface area (Å²) in [5.41, 5.74) is 5.98. The predicted octanol–water partition coefficient (Wildman–Crippen LogP) is 3.91. The first-order valence-electron chi connectivity index (χ1n) is 12.3. The maximum Gasteiger partial charge on any atom is 0.419 e. The van der Waals surface area contributed by atoms with Crippen LogP contribution in [-0.4, -0.2) is 57.1 Å². The van der Waals surface area contributed by atoms with E-state index in [2.05, 4.69) is 34.4 Å². The maximum atomic E-state index is 12.1. The Morgan fingerprint density at radius 1 is 1.08 bits per heavy atom. The van der Waals surface area contributed by atoms with Crippen molar-refractivity contribution in [2.75, 3.05) is 32.1 Å². The second kappa shape index (κ2) is 8.91. The van der Waals surface area contributed by atoms with Gasteiger partial charge in [0.1, 0.15) is 0 Å². The van der Waals surface area contributed by atoms with Crippen LogP contribution in [0.15, 0.2) is 64.1 Å². The highest BCUT2D eigenvalue weighted by molar-refractivity contribution is 5.88. The number of rotatable bonds is 4. The van der Waals surface area contributed by atoms with E-state index in [-0.39, 0.29) is 0 Å². The third-order valence-corrected chi connectivity index (χ3v) is 7.37. The summed E-state index contributed by atoms with van der Waals surface area (Å²) in [7, 11) is 5.96. The minimum absolute atomic E-state index is 0.401. The minimum atomic E-state index is -0.401. The van der Waals surface area contributed by atoms with Crippen molar-refractivity contribution in [3.8, 4) is 28.6 Å². The molecule has 1 saturated heterocycles. The summed E-state index contributed by atoms with van der Waals surface area (Å²) in [6.45, 7) is 1.79. The van der Waals surface area contributed by atoms with Crippen molar-refractivity contribution in [3.05, 3.63) is 71.0 Å². The third-order valence-electron chi connectivity index (χ3n) is 7.37. The summed E-state index contributed by atoms with van der Waals surface area (Å²) in [5, 5.41) is 9.32. The molecule has 4 heterocycles. The van der Waals surface area contributed by atoms with Gasteiger partial charge < -0.3 is 14.2 Å². The van der Waals surface area contributed by atoms with Crippen LogP contribution in [0.4, 0.5) is 5.82 Å². The van der Waals surface area contributed by atoms with Gasteiger partial charge in [-0.2, -0.15) is 5.26 Å². The monoisotopic (exact) mass is 493 g/mol. The highest BCUT2D eigenvalue weighted by Crippen LogP contribution is 2.36. The number of aromatic nitrogens is 4. The van der Waals surface area contributed by atoms with E-state index in [4.69, 9.17) is 14.4 Å². The molecule has 2 aromatic carbocycles. The van der Waals surface area contributed by atoms with Gasteiger partial charge in [0.25, 0.3) is 0 Å². The number of fused-ring (bicyclic) bond motifs is 2.